The first kappa shape index (κ1) is 59.1. The summed E-state index contributed by atoms with van der Waals surface area (Å²) in [6.45, 7) is 15.1. The van der Waals surface area contributed by atoms with E-state index in [1.165, 1.54) is 24.3 Å². The average molecular weight is 1210 g/mol. The fourth-order valence-electron chi connectivity index (χ4n) is 9.02. The number of allylic oxidation sites excluding steroid dienone is 4. The second-order valence-corrected chi connectivity index (χ2v) is 20.3. The molecule has 81 heavy (non-hydrogen) atoms. The molecule has 17 heteroatoms. The summed E-state index contributed by atoms with van der Waals surface area (Å²) in [5.41, 5.74) is 6.34. The standard InChI is InChI=1S/C64H50Cl4N4O8.Cu/c1-5-17-46(65)61(73)77-53-25-13-9-21-43(53)57-50-34-33-41(71-50)36-40-30-29-38(69-40)35-39-31-32-42(70-39)37-52-58(44-22-10-14-26-54(44)78-62(74)47(66)18-6-2)59(45-23-11-15-27-55(45)79-63(75)48(67)19-7-3)60(57)72(52)51-24-12-16-28-56(51)80-64(76)49(68)20-8-4;/h5-16,21-37,46-49,69H,1-4,17-20H2;. The number of aromatic nitrogens is 4. The van der Waals surface area contributed by atoms with Gasteiger partial charge in [-0.3, -0.25) is 19.2 Å². The first-order chi connectivity index (χ1) is 38.8. The van der Waals surface area contributed by atoms with Gasteiger partial charge in [0.15, 0.2) is 5.75 Å². The van der Waals surface area contributed by atoms with Crippen LogP contribution < -0.4 is 18.9 Å². The number of esters is 4. The normalized spacial score (nSPS) is 12.9. The number of aromatic amines is 1. The zero-order chi connectivity index (χ0) is 56.5. The molecule has 1 radical (unpaired) electrons. The van der Waals surface area contributed by atoms with Crippen LogP contribution in [0.15, 0.2) is 178 Å². The van der Waals surface area contributed by atoms with Crippen LogP contribution in [-0.2, 0) is 36.2 Å². The van der Waals surface area contributed by atoms with Crippen molar-refractivity contribution in [1.29, 1.82) is 0 Å². The van der Waals surface area contributed by atoms with Gasteiger partial charge in [0.1, 0.15) is 38.8 Å². The predicted molar refractivity (Wildman–Crippen MR) is 321 cm³/mol. The Bertz CT molecular complexity index is 3870. The second kappa shape index (κ2) is 27.0. The molecule has 3 aromatic heterocycles. The van der Waals surface area contributed by atoms with E-state index in [9.17, 15) is 19.2 Å². The van der Waals surface area contributed by atoms with Gasteiger partial charge >= 0.3 is 23.9 Å². The van der Waals surface area contributed by atoms with E-state index in [-0.39, 0.29) is 77.0 Å². The number of H-pyrrole nitrogens is 1. The number of nitrogens with zero attached hydrogens (tertiary/aromatic N) is 3. The fourth-order valence-corrected chi connectivity index (χ4v) is 9.70. The molecule has 5 heterocycles. The first-order valence-corrected chi connectivity index (χ1v) is 27.0. The topological polar surface area (TPSA) is 152 Å². The number of ether oxygens (including phenoxy) is 4. The number of rotatable bonds is 20. The van der Waals surface area contributed by atoms with Gasteiger partial charge in [0.2, 0.25) is 0 Å². The number of para-hydroxylation sites is 5. The van der Waals surface area contributed by atoms with Crippen LogP contribution in [0.3, 0.4) is 0 Å². The summed E-state index contributed by atoms with van der Waals surface area (Å²) < 4.78 is 27.0. The van der Waals surface area contributed by atoms with Crippen molar-refractivity contribution in [2.75, 3.05) is 0 Å². The van der Waals surface area contributed by atoms with Crippen LogP contribution in [0.4, 0.5) is 0 Å². The monoisotopic (exact) mass is 1210 g/mol. The number of carbonyl (C=O) groups is 4. The maximum absolute atomic E-state index is 14.1. The van der Waals surface area contributed by atoms with Gasteiger partial charge in [0, 0.05) is 61.5 Å². The van der Waals surface area contributed by atoms with Crippen molar-refractivity contribution >= 4 is 117 Å². The molecule has 4 aromatic carbocycles. The summed E-state index contributed by atoms with van der Waals surface area (Å²) in [6, 6.07) is 36.9. The van der Waals surface area contributed by atoms with Crippen LogP contribution in [-0.4, -0.2) is 64.9 Å². The van der Waals surface area contributed by atoms with Crippen molar-refractivity contribution in [2.45, 2.75) is 47.2 Å². The van der Waals surface area contributed by atoms with Crippen LogP contribution in [0.1, 0.15) is 48.5 Å². The SMILES string of the molecule is C=CCC(Cl)C(=O)Oc1ccccc1-c1c(-c2ccccc2OC(=O)C(Cl)CC=C)c2c(-c3ccccc3OC(=O)C(Cl)CC=C)c3nc(cc4ccc(cc5nc(cc1n2-c1ccccc1OC(=O)C(Cl)CC=C)C=C5)[nH]4)C=C3.[Cu]. The zero-order valence-corrected chi connectivity index (χ0v) is 47.1. The minimum atomic E-state index is -1.13. The number of nitrogens with one attached hydrogen (secondary N) is 1. The molecule has 0 aliphatic carbocycles. The quantitative estimate of drug-likeness (QED) is 0.0257. The molecule has 2 aliphatic heterocycles. The summed E-state index contributed by atoms with van der Waals surface area (Å²) in [5, 5.41) is -4.49. The van der Waals surface area contributed by atoms with Gasteiger partial charge in [0.05, 0.1) is 39.5 Å². The smallest absolute Gasteiger partial charge is 0.329 e. The third-order valence-corrected chi connectivity index (χ3v) is 14.0. The van der Waals surface area contributed by atoms with Gasteiger partial charge in [-0.25, -0.2) is 9.97 Å². The van der Waals surface area contributed by atoms with Crippen LogP contribution in [0.2, 0.25) is 0 Å². The van der Waals surface area contributed by atoms with E-state index in [4.69, 9.17) is 75.3 Å². The Morgan fingerprint density at radius 1 is 0.469 bits per heavy atom. The van der Waals surface area contributed by atoms with Crippen molar-refractivity contribution < 1.29 is 55.2 Å². The Kier molecular flexibility index (Phi) is 19.7. The largest absolute Gasteiger partial charge is 0.425 e. The van der Waals surface area contributed by atoms with Crippen molar-refractivity contribution in [3.05, 3.63) is 201 Å². The maximum atomic E-state index is 14.1. The minimum absolute atomic E-state index is 0. The molecule has 0 fully saturated rings. The third-order valence-electron chi connectivity index (χ3n) is 12.6. The molecule has 0 amide bonds. The number of hydrogen-bond donors (Lipinski definition) is 1. The molecule has 2 aliphatic rings. The van der Waals surface area contributed by atoms with Gasteiger partial charge in [-0.05, 0) is 111 Å². The third kappa shape index (κ3) is 13.3. The Balaban J connectivity index is 0.00000860. The van der Waals surface area contributed by atoms with E-state index < -0.39 is 45.4 Å². The van der Waals surface area contributed by atoms with Crippen molar-refractivity contribution in [3.63, 3.8) is 0 Å². The van der Waals surface area contributed by atoms with E-state index in [0.29, 0.717) is 61.7 Å². The molecule has 4 atom stereocenters. The number of carbonyl (C=O) groups excluding carboxylic acids is 4. The summed E-state index contributed by atoms with van der Waals surface area (Å²) >= 11 is 26.6. The van der Waals surface area contributed by atoms with Crippen molar-refractivity contribution in [2.24, 2.45) is 0 Å². The molecular weight excluding hydrogens is 1160 g/mol. The van der Waals surface area contributed by atoms with E-state index in [2.05, 4.69) is 31.3 Å². The molecule has 1 N–H and O–H groups in total. The molecular formula is C64H50Cl4CuN4O8. The minimum Gasteiger partial charge on any atom is -0.425 e. The second-order valence-electron chi connectivity index (χ2n) is 18.2. The van der Waals surface area contributed by atoms with Gasteiger partial charge < -0.3 is 28.5 Å². The van der Waals surface area contributed by atoms with Crippen molar-refractivity contribution in [3.8, 4) is 62.1 Å². The molecule has 0 spiro atoms. The van der Waals surface area contributed by atoms with Crippen LogP contribution in [0, 0.1) is 0 Å². The van der Waals surface area contributed by atoms with Gasteiger partial charge in [-0.15, -0.1) is 72.7 Å². The molecule has 0 saturated carbocycles. The molecule has 4 unspecified atom stereocenters. The van der Waals surface area contributed by atoms with Crippen LogP contribution in [0.25, 0.3) is 85.4 Å². The summed E-state index contributed by atoms with van der Waals surface area (Å²) in [5.74, 6) is -2.80. The van der Waals surface area contributed by atoms with Gasteiger partial charge in [0.25, 0.3) is 0 Å². The summed E-state index contributed by atoms with van der Waals surface area (Å²) in [6.07, 6.45) is 13.8. The van der Waals surface area contributed by atoms with E-state index in [1.807, 2.05) is 59.2 Å². The van der Waals surface area contributed by atoms with E-state index in [0.717, 1.165) is 11.0 Å². The molecule has 8 bridgehead atoms. The Morgan fingerprint density at radius 2 is 0.840 bits per heavy atom. The zero-order valence-electron chi connectivity index (χ0n) is 43.1. The maximum Gasteiger partial charge on any atom is 0.329 e. The summed E-state index contributed by atoms with van der Waals surface area (Å²) in [4.78, 5) is 70.1. The number of hydrogen-bond acceptors (Lipinski definition) is 10. The van der Waals surface area contributed by atoms with E-state index in [1.54, 1.807) is 97.1 Å². The van der Waals surface area contributed by atoms with Crippen molar-refractivity contribution in [1.82, 2.24) is 19.5 Å². The van der Waals surface area contributed by atoms with Crippen LogP contribution >= 0.6 is 46.4 Å². The molecule has 9 rings (SSSR count). The molecule has 7 aromatic rings. The van der Waals surface area contributed by atoms with Crippen LogP contribution in [0.5, 0.6) is 23.0 Å². The Morgan fingerprint density at radius 3 is 1.31 bits per heavy atom. The van der Waals surface area contributed by atoms with E-state index >= 15 is 0 Å². The first-order valence-electron chi connectivity index (χ1n) is 25.2. The predicted octanol–water partition coefficient (Wildman–Crippen LogP) is 15.5. The number of benzene rings is 4. The number of alkyl halides is 4. The summed E-state index contributed by atoms with van der Waals surface area (Å²) in [7, 11) is 0. The molecule has 12 nitrogen and oxygen atoms in total. The number of halogens is 4. The average Bonchev–Trinajstić information content (AvgIpc) is 4.45. The molecule has 413 valence electrons. The van der Waals surface area contributed by atoms with Gasteiger partial charge in [-0.2, -0.15) is 0 Å². The number of fused-ring (bicyclic) bond motifs is 8. The fraction of sp³-hybridized carbons (Fsp3) is 0.125. The van der Waals surface area contributed by atoms with Gasteiger partial charge in [-0.1, -0.05) is 91.0 Å². The Hall–Kier alpha value is -8.00. The molecule has 0 saturated heterocycles. The Labute approximate surface area is 498 Å².